The van der Waals surface area contributed by atoms with E-state index in [0.29, 0.717) is 16.9 Å². The molecule has 5 aliphatic rings. The lowest BCUT2D eigenvalue weighted by Gasteiger charge is -2.51. The summed E-state index contributed by atoms with van der Waals surface area (Å²) < 4.78 is 79.5. The number of benzene rings is 3. The summed E-state index contributed by atoms with van der Waals surface area (Å²) in [4.78, 5) is 64.2. The number of hydrogen-bond acceptors (Lipinski definition) is 7. The third-order valence-corrected chi connectivity index (χ3v) is 12.3. The van der Waals surface area contributed by atoms with Crippen LogP contribution in [0.15, 0.2) is 65.9 Å². The number of ketones is 1. The van der Waals surface area contributed by atoms with Gasteiger partial charge in [-0.2, -0.15) is 0 Å². The minimum Gasteiger partial charge on any atom is -0.508 e. The first-order valence-electron chi connectivity index (χ1n) is 16.2. The van der Waals surface area contributed by atoms with Crippen LogP contribution in [0, 0.1) is 52.8 Å². The van der Waals surface area contributed by atoms with Crippen LogP contribution >= 0.6 is 23.2 Å². The molecule has 0 spiro atoms. The molecule has 0 bridgehead atoms. The number of nitrogens with zero attached hydrogens (tertiary/aromatic N) is 2. The Balaban J connectivity index is 1.29. The maximum Gasteiger partial charge on any atom is 0.258 e. The number of anilines is 2. The van der Waals surface area contributed by atoms with Crippen LogP contribution in [0.3, 0.4) is 0 Å². The number of amides is 4. The molecule has 0 radical (unpaired) electrons. The van der Waals surface area contributed by atoms with Gasteiger partial charge >= 0.3 is 0 Å². The van der Waals surface area contributed by atoms with E-state index >= 15 is 8.78 Å². The molecule has 3 aromatic rings. The lowest BCUT2D eigenvalue weighted by atomic mass is 9.56. The molecule has 4 amide bonds. The summed E-state index contributed by atoms with van der Waals surface area (Å²) in [6.45, 7) is 1.34. The molecule has 3 aromatic carbocycles. The van der Waals surface area contributed by atoms with Crippen LogP contribution in [-0.4, -0.2) is 44.3 Å². The predicted octanol–water partition coefficient (Wildman–Crippen LogP) is 6.41. The minimum atomic E-state index is -2.71. The summed E-state index contributed by atoms with van der Waals surface area (Å²) >= 11 is 14.4. The van der Waals surface area contributed by atoms with Crippen molar-refractivity contribution in [2.45, 2.75) is 35.9 Å². The lowest BCUT2D eigenvalue weighted by molar-refractivity contribution is -0.125. The molecule has 1 saturated carbocycles. The maximum absolute atomic E-state index is 15.3. The zero-order valence-electron chi connectivity index (χ0n) is 27.1. The van der Waals surface area contributed by atoms with Crippen molar-refractivity contribution in [3.63, 3.8) is 0 Å². The predicted molar refractivity (Wildman–Crippen MR) is 177 cm³/mol. The van der Waals surface area contributed by atoms with E-state index in [1.807, 2.05) is 0 Å². The second kappa shape index (κ2) is 11.7. The molecule has 3 aliphatic heterocycles. The van der Waals surface area contributed by atoms with Gasteiger partial charge in [0.15, 0.2) is 38.8 Å². The Labute approximate surface area is 306 Å². The fraction of sp³-hybridized carbons (Fsp3) is 0.270. The number of fused-ring (bicyclic) bond motifs is 5. The van der Waals surface area contributed by atoms with Crippen molar-refractivity contribution in [3.05, 3.63) is 106 Å². The van der Waals surface area contributed by atoms with Gasteiger partial charge < -0.3 is 9.84 Å². The van der Waals surface area contributed by atoms with Crippen LogP contribution in [0.25, 0.3) is 0 Å². The minimum absolute atomic E-state index is 0.0587. The van der Waals surface area contributed by atoms with E-state index in [1.54, 1.807) is 6.08 Å². The number of imide groups is 2. The smallest absolute Gasteiger partial charge is 0.258 e. The summed E-state index contributed by atoms with van der Waals surface area (Å²) in [5.41, 5.74) is -0.592. The number of phenolic OH excluding ortho intramolecular Hbond substituents is 1. The quantitative estimate of drug-likeness (QED) is 0.0619. The van der Waals surface area contributed by atoms with Crippen LogP contribution in [0.4, 0.5) is 33.3 Å². The van der Waals surface area contributed by atoms with Crippen molar-refractivity contribution >= 4 is 64.0 Å². The van der Waals surface area contributed by atoms with Crippen molar-refractivity contribution in [2.24, 2.45) is 23.7 Å². The van der Waals surface area contributed by atoms with E-state index in [2.05, 4.69) is 0 Å². The van der Waals surface area contributed by atoms with Crippen LogP contribution in [0.2, 0.25) is 0 Å². The summed E-state index contributed by atoms with van der Waals surface area (Å²) in [7, 11) is 0. The number of halogens is 7. The topological polar surface area (TPSA) is 121 Å². The largest absolute Gasteiger partial charge is 0.508 e. The van der Waals surface area contributed by atoms with E-state index in [9.17, 15) is 42.3 Å². The molecule has 1 N–H and O–H groups in total. The maximum atomic E-state index is 15.3. The van der Waals surface area contributed by atoms with Gasteiger partial charge in [-0.15, -0.1) is 23.2 Å². The number of aromatic hydroxyl groups is 1. The van der Waals surface area contributed by atoms with Crippen LogP contribution in [0.1, 0.15) is 35.7 Å². The number of rotatable bonds is 4. The van der Waals surface area contributed by atoms with Crippen LogP contribution in [0.5, 0.6) is 11.5 Å². The van der Waals surface area contributed by atoms with Gasteiger partial charge in [0.1, 0.15) is 17.2 Å². The average molecular weight is 773 g/mol. The Hall–Kier alpha value is -5.08. The fourth-order valence-corrected chi connectivity index (χ4v) is 9.43. The molecule has 2 aliphatic carbocycles. The molecular formula is C37H23Cl2F5N2O7. The van der Waals surface area contributed by atoms with Crippen molar-refractivity contribution < 1.29 is 55.8 Å². The van der Waals surface area contributed by atoms with Gasteiger partial charge in [0.05, 0.1) is 23.8 Å². The summed E-state index contributed by atoms with van der Waals surface area (Å²) in [5, 5.41) is 10.2. The highest BCUT2D eigenvalue weighted by molar-refractivity contribution is 6.58. The Morgan fingerprint density at radius 1 is 0.849 bits per heavy atom. The highest BCUT2D eigenvalue weighted by Crippen LogP contribution is 2.65. The summed E-state index contributed by atoms with van der Waals surface area (Å²) in [6, 6.07) is 9.91. The second-order valence-corrected chi connectivity index (χ2v) is 14.8. The van der Waals surface area contributed by atoms with Crippen LogP contribution in [-0.2, 0) is 25.6 Å². The normalized spacial score (nSPS) is 28.9. The van der Waals surface area contributed by atoms with E-state index in [-0.39, 0.29) is 46.1 Å². The second-order valence-electron chi connectivity index (χ2n) is 13.6. The van der Waals surface area contributed by atoms with Gasteiger partial charge in [-0.1, -0.05) is 11.6 Å². The third-order valence-electron chi connectivity index (χ3n) is 10.9. The molecule has 8 rings (SSSR count). The molecule has 3 fully saturated rings. The number of hydrogen-bond donors (Lipinski definition) is 1. The molecule has 0 unspecified atom stereocenters. The van der Waals surface area contributed by atoms with Gasteiger partial charge in [0.2, 0.25) is 17.6 Å². The zero-order chi connectivity index (χ0) is 38.0. The highest BCUT2D eigenvalue weighted by atomic mass is 35.5. The summed E-state index contributed by atoms with van der Waals surface area (Å²) in [5.74, 6) is -21.8. The van der Waals surface area contributed by atoms with Gasteiger partial charge in [-0.3, -0.25) is 28.9 Å². The van der Waals surface area contributed by atoms with Crippen molar-refractivity contribution in [2.75, 3.05) is 9.80 Å². The van der Waals surface area contributed by atoms with E-state index in [0.717, 1.165) is 4.90 Å². The number of Topliss-reactive ketones (excluding diaryl/α,β-unsaturated/α-hetero) is 1. The first kappa shape index (κ1) is 35.0. The van der Waals surface area contributed by atoms with Crippen molar-refractivity contribution in [1.29, 1.82) is 0 Å². The lowest BCUT2D eigenvalue weighted by Crippen LogP contribution is -2.61. The number of carbonyl (C=O) groups is 5. The molecule has 0 aromatic heterocycles. The van der Waals surface area contributed by atoms with Gasteiger partial charge in [-0.05, 0) is 73.7 Å². The molecule has 272 valence electrons. The van der Waals surface area contributed by atoms with E-state index < -0.39 is 98.2 Å². The molecular weight excluding hydrogens is 750 g/mol. The molecule has 53 heavy (non-hydrogen) atoms. The van der Waals surface area contributed by atoms with Crippen LogP contribution < -0.4 is 14.5 Å². The number of carbonyl (C=O) groups excluding carboxylic acids is 5. The zero-order valence-corrected chi connectivity index (χ0v) is 28.6. The SMILES string of the molecule is CC(=O)c1ccc(N2C(=O)[C@H]3[C@H](CC=C4[C@H](C5=COc6ccc(O)cc6C5)[C@]5(Cl)C(=O)N(c6c(F)c(F)c(F)c(F)c6F)C(=O)[C@]5(Cl)C[C@H]43)C2=O)cc1. The Morgan fingerprint density at radius 2 is 1.49 bits per heavy atom. The Kier molecular flexibility index (Phi) is 7.73. The number of alkyl halides is 2. The van der Waals surface area contributed by atoms with Gasteiger partial charge in [-0.25, -0.2) is 26.9 Å². The standard InChI is InChI=1S/C37H23Cl2F5N2O7/c1-14(47)15-2-4-18(5-3-15)45-32(49)21-8-7-20-22(24(21)33(45)50)12-36(38)34(51)46(31-29(43)27(41)26(40)28(42)30(31)44)35(52)37(36,39)25(20)17-10-16-11-19(48)6-9-23(16)53-13-17/h2-7,9,11,13,21-22,24-25,48H,8,10,12H2,1H3/t21-,22+,24-,25-,36+,37-/m0/s1. The van der Waals surface area contributed by atoms with E-state index in [1.165, 1.54) is 55.7 Å². The third kappa shape index (κ3) is 4.57. The molecule has 16 heteroatoms. The monoisotopic (exact) mass is 772 g/mol. The fourth-order valence-electron chi connectivity index (χ4n) is 8.48. The first-order valence-corrected chi connectivity index (χ1v) is 16.9. The van der Waals surface area contributed by atoms with Crippen molar-refractivity contribution in [3.8, 4) is 11.5 Å². The van der Waals surface area contributed by atoms with Gasteiger partial charge in [0, 0.05) is 23.5 Å². The number of phenols is 1. The van der Waals surface area contributed by atoms with Gasteiger partial charge in [0.25, 0.3) is 11.8 Å². The Bertz CT molecular complexity index is 2290. The summed E-state index contributed by atoms with van der Waals surface area (Å²) in [6.07, 6.45) is 1.96. The highest BCUT2D eigenvalue weighted by Gasteiger charge is 2.77. The molecule has 3 heterocycles. The first-order chi connectivity index (χ1) is 25.0. The average Bonchev–Trinajstić information content (AvgIpc) is 3.47. The number of ether oxygens (including phenoxy) is 1. The number of allylic oxidation sites excluding steroid dienone is 3. The Morgan fingerprint density at radius 3 is 2.13 bits per heavy atom. The van der Waals surface area contributed by atoms with Crippen molar-refractivity contribution in [1.82, 2.24) is 0 Å². The molecule has 9 nitrogen and oxygen atoms in total. The van der Waals surface area contributed by atoms with E-state index in [4.69, 9.17) is 27.9 Å². The molecule has 2 saturated heterocycles. The molecule has 6 atom stereocenters.